The number of hydrogen-bond acceptors (Lipinski definition) is 4. The standard InChI is InChI=1S/C15H15N3S/c1-3-16-15-17-10(2)9-13(18-15)12-6-4-5-11-7-8-19-14(11)12/h4-9H,3H2,1-2H3,(H,16,17,18). The zero-order valence-corrected chi connectivity index (χ0v) is 11.8. The van der Waals surface area contributed by atoms with Crippen LogP contribution in [0.2, 0.25) is 0 Å². The Morgan fingerprint density at radius 1 is 1.21 bits per heavy atom. The van der Waals surface area contributed by atoms with Gasteiger partial charge in [0.1, 0.15) is 0 Å². The molecule has 1 aromatic carbocycles. The average Bonchev–Trinajstić information content (AvgIpc) is 2.86. The van der Waals surface area contributed by atoms with Crippen LogP contribution in [0.25, 0.3) is 21.3 Å². The predicted octanol–water partition coefficient (Wildman–Crippen LogP) is 4.10. The largest absolute Gasteiger partial charge is 0.354 e. The summed E-state index contributed by atoms with van der Waals surface area (Å²) in [6, 6.07) is 10.5. The Hall–Kier alpha value is -1.94. The third-order valence-corrected chi connectivity index (χ3v) is 3.91. The zero-order valence-electron chi connectivity index (χ0n) is 11.0. The Balaban J connectivity index is 2.18. The number of nitrogens with one attached hydrogen (secondary N) is 1. The van der Waals surface area contributed by atoms with Crippen LogP contribution in [0.1, 0.15) is 12.6 Å². The Bertz CT molecular complexity index is 718. The summed E-state index contributed by atoms with van der Waals surface area (Å²) in [5.74, 6) is 0.700. The number of aryl methyl sites for hydroxylation is 1. The van der Waals surface area contributed by atoms with Gasteiger partial charge in [-0.1, -0.05) is 18.2 Å². The first-order valence-electron chi connectivity index (χ1n) is 6.34. The lowest BCUT2D eigenvalue weighted by Crippen LogP contribution is -2.03. The van der Waals surface area contributed by atoms with E-state index < -0.39 is 0 Å². The quantitative estimate of drug-likeness (QED) is 0.778. The maximum absolute atomic E-state index is 4.61. The molecule has 2 heterocycles. The van der Waals surface area contributed by atoms with Gasteiger partial charge in [0.2, 0.25) is 5.95 Å². The summed E-state index contributed by atoms with van der Waals surface area (Å²) in [6.45, 7) is 4.87. The fourth-order valence-corrected chi connectivity index (χ4v) is 3.06. The molecule has 4 heteroatoms. The van der Waals surface area contributed by atoms with Gasteiger partial charge in [-0.15, -0.1) is 11.3 Å². The van der Waals surface area contributed by atoms with Crippen molar-refractivity contribution in [3.05, 3.63) is 41.4 Å². The summed E-state index contributed by atoms with van der Waals surface area (Å²) >= 11 is 1.75. The third-order valence-electron chi connectivity index (χ3n) is 2.94. The highest BCUT2D eigenvalue weighted by Crippen LogP contribution is 2.32. The molecular formula is C15H15N3S. The maximum Gasteiger partial charge on any atom is 0.223 e. The normalized spacial score (nSPS) is 10.8. The Labute approximate surface area is 116 Å². The number of nitrogens with zero attached hydrogens (tertiary/aromatic N) is 2. The topological polar surface area (TPSA) is 37.8 Å². The highest BCUT2D eigenvalue weighted by molar-refractivity contribution is 7.17. The molecule has 3 rings (SSSR count). The Morgan fingerprint density at radius 2 is 2.11 bits per heavy atom. The van der Waals surface area contributed by atoms with Gasteiger partial charge in [-0.2, -0.15) is 0 Å². The number of rotatable bonds is 3. The summed E-state index contributed by atoms with van der Waals surface area (Å²) < 4.78 is 1.28. The first-order valence-corrected chi connectivity index (χ1v) is 7.22. The fourth-order valence-electron chi connectivity index (χ4n) is 2.14. The van der Waals surface area contributed by atoms with Crippen molar-refractivity contribution in [2.24, 2.45) is 0 Å². The van der Waals surface area contributed by atoms with E-state index in [9.17, 15) is 0 Å². The van der Waals surface area contributed by atoms with E-state index in [0.29, 0.717) is 5.95 Å². The second kappa shape index (κ2) is 4.97. The van der Waals surface area contributed by atoms with E-state index in [1.807, 2.05) is 19.9 Å². The molecule has 0 fully saturated rings. The van der Waals surface area contributed by atoms with Gasteiger partial charge in [0.15, 0.2) is 0 Å². The van der Waals surface area contributed by atoms with Gasteiger partial charge in [0.25, 0.3) is 0 Å². The number of benzene rings is 1. The van der Waals surface area contributed by atoms with Crippen LogP contribution >= 0.6 is 11.3 Å². The van der Waals surface area contributed by atoms with Crippen LogP contribution in [-0.4, -0.2) is 16.5 Å². The van der Waals surface area contributed by atoms with Crippen molar-refractivity contribution >= 4 is 27.4 Å². The lowest BCUT2D eigenvalue weighted by atomic mass is 10.1. The van der Waals surface area contributed by atoms with Crippen molar-refractivity contribution < 1.29 is 0 Å². The summed E-state index contributed by atoms with van der Waals surface area (Å²) in [5, 5.41) is 6.57. The van der Waals surface area contributed by atoms with Gasteiger partial charge in [-0.3, -0.25) is 0 Å². The van der Waals surface area contributed by atoms with E-state index in [1.54, 1.807) is 11.3 Å². The lowest BCUT2D eigenvalue weighted by molar-refractivity contribution is 1.06. The van der Waals surface area contributed by atoms with Gasteiger partial charge in [0.05, 0.1) is 5.69 Å². The molecule has 2 aromatic heterocycles. The maximum atomic E-state index is 4.61. The van der Waals surface area contributed by atoms with Crippen molar-refractivity contribution in [3.8, 4) is 11.3 Å². The van der Waals surface area contributed by atoms with Gasteiger partial charge >= 0.3 is 0 Å². The molecule has 3 aromatic rings. The van der Waals surface area contributed by atoms with Gasteiger partial charge in [0, 0.05) is 22.5 Å². The fraction of sp³-hybridized carbons (Fsp3) is 0.200. The van der Waals surface area contributed by atoms with Gasteiger partial charge in [-0.05, 0) is 36.7 Å². The van der Waals surface area contributed by atoms with Crippen LogP contribution in [0.15, 0.2) is 35.7 Å². The number of thiophene rings is 1. The average molecular weight is 269 g/mol. The van der Waals surface area contributed by atoms with Crippen molar-refractivity contribution in [2.45, 2.75) is 13.8 Å². The third kappa shape index (κ3) is 2.31. The van der Waals surface area contributed by atoms with E-state index in [-0.39, 0.29) is 0 Å². The van der Waals surface area contributed by atoms with E-state index >= 15 is 0 Å². The van der Waals surface area contributed by atoms with E-state index in [1.165, 1.54) is 15.6 Å². The number of aromatic nitrogens is 2. The van der Waals surface area contributed by atoms with Crippen molar-refractivity contribution in [2.75, 3.05) is 11.9 Å². The lowest BCUT2D eigenvalue weighted by Gasteiger charge is -2.07. The molecule has 0 saturated carbocycles. The zero-order chi connectivity index (χ0) is 13.2. The molecule has 96 valence electrons. The van der Waals surface area contributed by atoms with E-state index in [2.05, 4.69) is 44.9 Å². The monoisotopic (exact) mass is 269 g/mol. The molecule has 0 saturated heterocycles. The van der Waals surface area contributed by atoms with E-state index in [0.717, 1.165) is 17.9 Å². The minimum Gasteiger partial charge on any atom is -0.354 e. The molecule has 0 bridgehead atoms. The smallest absolute Gasteiger partial charge is 0.223 e. The molecule has 0 aliphatic rings. The molecule has 1 N–H and O–H groups in total. The SMILES string of the molecule is CCNc1nc(C)cc(-c2cccc3ccsc23)n1. The second-order valence-electron chi connectivity index (χ2n) is 4.39. The van der Waals surface area contributed by atoms with Crippen LogP contribution < -0.4 is 5.32 Å². The first-order chi connectivity index (χ1) is 9.28. The number of hydrogen-bond donors (Lipinski definition) is 1. The minimum atomic E-state index is 0.700. The van der Waals surface area contributed by atoms with Crippen LogP contribution in [0.4, 0.5) is 5.95 Å². The summed E-state index contributed by atoms with van der Waals surface area (Å²) in [4.78, 5) is 9.01. The molecule has 0 aliphatic carbocycles. The Morgan fingerprint density at radius 3 is 2.95 bits per heavy atom. The molecule has 0 amide bonds. The summed E-state index contributed by atoms with van der Waals surface area (Å²) in [7, 11) is 0. The molecule has 0 unspecified atom stereocenters. The predicted molar refractivity (Wildman–Crippen MR) is 81.8 cm³/mol. The van der Waals surface area contributed by atoms with Crippen molar-refractivity contribution in [1.29, 1.82) is 0 Å². The number of fused-ring (bicyclic) bond motifs is 1. The van der Waals surface area contributed by atoms with E-state index in [4.69, 9.17) is 0 Å². The van der Waals surface area contributed by atoms with Crippen molar-refractivity contribution in [1.82, 2.24) is 9.97 Å². The van der Waals surface area contributed by atoms with Gasteiger partial charge < -0.3 is 5.32 Å². The molecule has 0 radical (unpaired) electrons. The Kier molecular flexibility index (Phi) is 3.17. The molecule has 19 heavy (non-hydrogen) atoms. The molecule has 0 spiro atoms. The van der Waals surface area contributed by atoms with Crippen LogP contribution in [-0.2, 0) is 0 Å². The minimum absolute atomic E-state index is 0.700. The van der Waals surface area contributed by atoms with Gasteiger partial charge in [-0.25, -0.2) is 9.97 Å². The summed E-state index contributed by atoms with van der Waals surface area (Å²) in [5.41, 5.74) is 3.14. The van der Waals surface area contributed by atoms with Crippen molar-refractivity contribution in [3.63, 3.8) is 0 Å². The highest BCUT2D eigenvalue weighted by Gasteiger charge is 2.08. The molecule has 0 aliphatic heterocycles. The second-order valence-corrected chi connectivity index (χ2v) is 5.31. The summed E-state index contributed by atoms with van der Waals surface area (Å²) in [6.07, 6.45) is 0. The van der Waals surface area contributed by atoms with Crippen LogP contribution in [0.5, 0.6) is 0 Å². The van der Waals surface area contributed by atoms with Crippen LogP contribution in [0.3, 0.4) is 0 Å². The number of anilines is 1. The molecular weight excluding hydrogens is 254 g/mol. The first kappa shape index (κ1) is 12.1. The molecule has 0 atom stereocenters. The van der Waals surface area contributed by atoms with Crippen LogP contribution in [0, 0.1) is 6.92 Å². The molecule has 3 nitrogen and oxygen atoms in total. The highest BCUT2D eigenvalue weighted by atomic mass is 32.1.